The van der Waals surface area contributed by atoms with Crippen LogP contribution in [-0.4, -0.2) is 27.5 Å². The third-order valence-corrected chi connectivity index (χ3v) is 7.18. The van der Waals surface area contributed by atoms with Crippen LogP contribution in [0.1, 0.15) is 37.8 Å². The molecule has 0 aliphatic rings. The van der Waals surface area contributed by atoms with E-state index >= 15 is 0 Å². The standard InChI is InChI=1S/C27H32N2O4S/c1-4-6-7-22-10-12-23(13-11-22)28-27(30)20-29(24-14-8-21(3)9-15-24)34(31,32)26-18-16-25(17-19-26)33-5-2/h8-19H,4-7,20H2,1-3H3,(H,28,30). The molecule has 0 radical (unpaired) electrons. The summed E-state index contributed by atoms with van der Waals surface area (Å²) < 4.78 is 33.6. The Labute approximate surface area is 202 Å². The highest BCUT2D eigenvalue weighted by Crippen LogP contribution is 2.26. The Bertz CT molecular complexity index is 1170. The van der Waals surface area contributed by atoms with Crippen molar-refractivity contribution in [1.82, 2.24) is 0 Å². The van der Waals surface area contributed by atoms with Crippen molar-refractivity contribution in [2.45, 2.75) is 44.9 Å². The number of benzene rings is 3. The van der Waals surface area contributed by atoms with Crippen molar-refractivity contribution in [2.75, 3.05) is 22.8 Å². The minimum atomic E-state index is -3.99. The van der Waals surface area contributed by atoms with Gasteiger partial charge in [0.15, 0.2) is 0 Å². The third-order valence-electron chi connectivity index (χ3n) is 5.39. The predicted molar refractivity (Wildman–Crippen MR) is 137 cm³/mol. The van der Waals surface area contributed by atoms with Gasteiger partial charge in [0.25, 0.3) is 10.0 Å². The number of aryl methyl sites for hydroxylation is 2. The summed E-state index contributed by atoms with van der Waals surface area (Å²) in [7, 11) is -3.99. The summed E-state index contributed by atoms with van der Waals surface area (Å²) in [4.78, 5) is 13.0. The molecule has 0 aliphatic carbocycles. The zero-order valence-corrected chi connectivity index (χ0v) is 20.8. The summed E-state index contributed by atoms with van der Waals surface area (Å²) in [5.74, 6) is 0.167. The summed E-state index contributed by atoms with van der Waals surface area (Å²) in [5.41, 5.74) is 3.26. The number of anilines is 2. The van der Waals surface area contributed by atoms with Gasteiger partial charge in [-0.1, -0.05) is 43.2 Å². The fraction of sp³-hybridized carbons (Fsp3) is 0.296. The number of sulfonamides is 1. The molecule has 0 aliphatic heterocycles. The van der Waals surface area contributed by atoms with Gasteiger partial charge in [0.2, 0.25) is 5.91 Å². The number of hydrogen-bond donors (Lipinski definition) is 1. The molecule has 0 aromatic heterocycles. The average molecular weight is 481 g/mol. The molecule has 0 saturated carbocycles. The Kier molecular flexibility index (Phi) is 8.71. The number of hydrogen-bond acceptors (Lipinski definition) is 4. The molecule has 3 aromatic rings. The molecule has 34 heavy (non-hydrogen) atoms. The van der Waals surface area contributed by atoms with Crippen LogP contribution in [0, 0.1) is 6.92 Å². The number of rotatable bonds is 11. The molecule has 0 bridgehead atoms. The highest BCUT2D eigenvalue weighted by molar-refractivity contribution is 7.92. The molecule has 0 spiro atoms. The van der Waals surface area contributed by atoms with Crippen LogP contribution in [0.4, 0.5) is 11.4 Å². The normalized spacial score (nSPS) is 11.1. The number of ether oxygens (including phenoxy) is 1. The maximum Gasteiger partial charge on any atom is 0.264 e. The molecule has 0 heterocycles. The predicted octanol–water partition coefficient (Wildman–Crippen LogP) is 5.57. The first-order valence-corrected chi connectivity index (χ1v) is 13.0. The number of unbranched alkanes of at least 4 members (excludes halogenated alkanes) is 1. The van der Waals surface area contributed by atoms with Crippen molar-refractivity contribution in [3.63, 3.8) is 0 Å². The minimum absolute atomic E-state index is 0.0876. The molecule has 7 heteroatoms. The Morgan fingerprint density at radius 1 is 0.912 bits per heavy atom. The minimum Gasteiger partial charge on any atom is -0.494 e. The largest absolute Gasteiger partial charge is 0.494 e. The van der Waals surface area contributed by atoms with Crippen LogP contribution in [0.5, 0.6) is 5.75 Å². The van der Waals surface area contributed by atoms with E-state index in [0.29, 0.717) is 23.7 Å². The second-order valence-electron chi connectivity index (χ2n) is 8.10. The van der Waals surface area contributed by atoms with E-state index in [-0.39, 0.29) is 11.4 Å². The van der Waals surface area contributed by atoms with Gasteiger partial charge in [-0.2, -0.15) is 0 Å². The molecular weight excluding hydrogens is 448 g/mol. The van der Waals surface area contributed by atoms with Crippen molar-refractivity contribution < 1.29 is 17.9 Å². The second kappa shape index (κ2) is 11.7. The molecule has 0 saturated heterocycles. The van der Waals surface area contributed by atoms with Gasteiger partial charge in [0, 0.05) is 5.69 Å². The van der Waals surface area contributed by atoms with E-state index in [1.54, 1.807) is 24.3 Å². The third kappa shape index (κ3) is 6.60. The van der Waals surface area contributed by atoms with Crippen molar-refractivity contribution in [3.8, 4) is 5.75 Å². The monoisotopic (exact) mass is 480 g/mol. The van der Waals surface area contributed by atoms with E-state index in [1.165, 1.54) is 17.7 Å². The quantitative estimate of drug-likeness (QED) is 0.389. The Balaban J connectivity index is 1.83. The summed E-state index contributed by atoms with van der Waals surface area (Å²) in [5, 5.41) is 2.82. The van der Waals surface area contributed by atoms with Crippen molar-refractivity contribution in [2.24, 2.45) is 0 Å². The fourth-order valence-corrected chi connectivity index (χ4v) is 4.92. The zero-order valence-electron chi connectivity index (χ0n) is 20.0. The SMILES string of the molecule is CCCCc1ccc(NC(=O)CN(c2ccc(C)cc2)S(=O)(=O)c2ccc(OCC)cc2)cc1. The van der Waals surface area contributed by atoms with E-state index in [4.69, 9.17) is 4.74 Å². The van der Waals surface area contributed by atoms with Gasteiger partial charge < -0.3 is 10.1 Å². The van der Waals surface area contributed by atoms with Crippen molar-refractivity contribution >= 4 is 27.3 Å². The van der Waals surface area contributed by atoms with E-state index in [1.807, 2.05) is 50.2 Å². The smallest absolute Gasteiger partial charge is 0.264 e. The highest BCUT2D eigenvalue weighted by Gasteiger charge is 2.27. The van der Waals surface area contributed by atoms with Crippen LogP contribution < -0.4 is 14.4 Å². The number of nitrogens with one attached hydrogen (secondary N) is 1. The van der Waals surface area contributed by atoms with E-state index in [0.717, 1.165) is 29.1 Å². The maximum absolute atomic E-state index is 13.5. The molecule has 180 valence electrons. The average Bonchev–Trinajstić information content (AvgIpc) is 2.83. The number of amides is 1. The van der Waals surface area contributed by atoms with Crippen molar-refractivity contribution in [1.29, 1.82) is 0 Å². The van der Waals surface area contributed by atoms with Gasteiger partial charge in [-0.15, -0.1) is 0 Å². The zero-order chi connectivity index (χ0) is 24.6. The lowest BCUT2D eigenvalue weighted by molar-refractivity contribution is -0.114. The molecule has 3 aromatic carbocycles. The summed E-state index contributed by atoms with van der Waals surface area (Å²) in [6.45, 7) is 6.07. The first-order chi connectivity index (χ1) is 16.3. The maximum atomic E-state index is 13.5. The number of carbonyl (C=O) groups excluding carboxylic acids is 1. The Hall–Kier alpha value is -3.32. The van der Waals surface area contributed by atoms with Crippen molar-refractivity contribution in [3.05, 3.63) is 83.9 Å². The van der Waals surface area contributed by atoms with E-state index < -0.39 is 15.9 Å². The number of nitrogens with zero attached hydrogens (tertiary/aromatic N) is 1. The van der Waals surface area contributed by atoms with Gasteiger partial charge in [0.1, 0.15) is 12.3 Å². The summed E-state index contributed by atoms with van der Waals surface area (Å²) in [6.07, 6.45) is 3.23. The van der Waals surface area contributed by atoms with Crippen LogP contribution in [0.3, 0.4) is 0 Å². The molecule has 0 fully saturated rings. The topological polar surface area (TPSA) is 75.7 Å². The van der Waals surface area contributed by atoms with Gasteiger partial charge in [0.05, 0.1) is 17.2 Å². The van der Waals surface area contributed by atoms with Gasteiger partial charge >= 0.3 is 0 Å². The lowest BCUT2D eigenvalue weighted by atomic mass is 10.1. The Morgan fingerprint density at radius 2 is 1.56 bits per heavy atom. The van der Waals surface area contributed by atoms with E-state index in [2.05, 4.69) is 12.2 Å². The van der Waals surface area contributed by atoms with Crippen LogP contribution in [0.15, 0.2) is 77.7 Å². The second-order valence-corrected chi connectivity index (χ2v) is 9.96. The first-order valence-electron chi connectivity index (χ1n) is 11.5. The van der Waals surface area contributed by atoms with E-state index in [9.17, 15) is 13.2 Å². The molecule has 1 N–H and O–H groups in total. The summed E-state index contributed by atoms with van der Waals surface area (Å²) in [6, 6.07) is 20.9. The van der Waals surface area contributed by atoms with Gasteiger partial charge in [-0.05, 0) is 80.8 Å². The molecule has 6 nitrogen and oxygen atoms in total. The van der Waals surface area contributed by atoms with Gasteiger partial charge in [-0.3, -0.25) is 9.10 Å². The lowest BCUT2D eigenvalue weighted by Gasteiger charge is -2.24. The molecule has 0 unspecified atom stereocenters. The lowest BCUT2D eigenvalue weighted by Crippen LogP contribution is -2.38. The van der Waals surface area contributed by atoms with Crippen LogP contribution in [0.2, 0.25) is 0 Å². The van der Waals surface area contributed by atoms with Crippen LogP contribution in [0.25, 0.3) is 0 Å². The summed E-state index contributed by atoms with van der Waals surface area (Å²) >= 11 is 0. The molecule has 1 amide bonds. The molecule has 0 atom stereocenters. The fourth-order valence-electron chi connectivity index (χ4n) is 3.49. The highest BCUT2D eigenvalue weighted by atomic mass is 32.2. The van der Waals surface area contributed by atoms with Crippen LogP contribution >= 0.6 is 0 Å². The van der Waals surface area contributed by atoms with Gasteiger partial charge in [-0.25, -0.2) is 8.42 Å². The van der Waals surface area contributed by atoms with Crippen LogP contribution in [-0.2, 0) is 21.2 Å². The number of carbonyl (C=O) groups is 1. The Morgan fingerprint density at radius 3 is 2.15 bits per heavy atom. The molecular formula is C27H32N2O4S. The first kappa shape index (κ1) is 25.3. The molecule has 3 rings (SSSR count).